The van der Waals surface area contributed by atoms with Gasteiger partial charge < -0.3 is 9.73 Å². The van der Waals surface area contributed by atoms with Crippen molar-refractivity contribution in [2.24, 2.45) is 0 Å². The molecule has 0 spiro atoms. The Labute approximate surface area is 188 Å². The second-order valence-electron chi connectivity index (χ2n) is 7.74. The zero-order chi connectivity index (χ0) is 22.2. The van der Waals surface area contributed by atoms with E-state index in [4.69, 9.17) is 4.42 Å². The highest BCUT2D eigenvalue weighted by Gasteiger charge is 2.14. The third-order valence-electron chi connectivity index (χ3n) is 5.59. The highest BCUT2D eigenvalue weighted by atomic mass is 19.1. The van der Waals surface area contributed by atoms with Crippen molar-refractivity contribution in [2.45, 2.75) is 6.54 Å². The van der Waals surface area contributed by atoms with Gasteiger partial charge in [0.2, 0.25) is 0 Å². The van der Waals surface area contributed by atoms with Crippen molar-refractivity contribution < 1.29 is 8.81 Å². The van der Waals surface area contributed by atoms with E-state index >= 15 is 0 Å². The average molecular weight is 435 g/mol. The van der Waals surface area contributed by atoms with Gasteiger partial charge in [-0.15, -0.1) is 0 Å². The number of rotatable bonds is 5. The monoisotopic (exact) mass is 435 g/mol. The summed E-state index contributed by atoms with van der Waals surface area (Å²) in [6.45, 7) is 0.703. The number of halogens is 1. The van der Waals surface area contributed by atoms with E-state index in [0.29, 0.717) is 34.6 Å². The maximum Gasteiger partial charge on any atom is 0.141 e. The van der Waals surface area contributed by atoms with Crippen LogP contribution in [-0.2, 0) is 6.54 Å². The van der Waals surface area contributed by atoms with E-state index in [1.165, 1.54) is 24.2 Å². The molecule has 0 radical (unpaired) electrons. The first-order chi connectivity index (χ1) is 16.2. The number of fused-ring (bicyclic) bond motifs is 2. The van der Waals surface area contributed by atoms with Gasteiger partial charge in [0.1, 0.15) is 23.7 Å². The maximum atomic E-state index is 14.6. The molecule has 160 valence electrons. The minimum Gasteiger partial charge on any atom is -0.464 e. The van der Waals surface area contributed by atoms with E-state index in [1.807, 2.05) is 47.3 Å². The fraction of sp³-hybridized carbons (Fsp3) is 0.0385. The molecule has 0 bridgehead atoms. The Morgan fingerprint density at radius 1 is 0.939 bits per heavy atom. The van der Waals surface area contributed by atoms with E-state index in [0.717, 1.165) is 16.6 Å². The fourth-order valence-corrected chi connectivity index (χ4v) is 3.98. The van der Waals surface area contributed by atoms with E-state index in [1.54, 1.807) is 18.2 Å². The van der Waals surface area contributed by atoms with Gasteiger partial charge in [-0.2, -0.15) is 5.10 Å². The molecule has 0 aliphatic rings. The number of aromatic nitrogens is 4. The smallest absolute Gasteiger partial charge is 0.141 e. The van der Waals surface area contributed by atoms with Crippen LogP contribution in [0.1, 0.15) is 5.56 Å². The van der Waals surface area contributed by atoms with Crippen molar-refractivity contribution in [1.29, 1.82) is 0 Å². The zero-order valence-corrected chi connectivity index (χ0v) is 17.4. The third-order valence-corrected chi connectivity index (χ3v) is 5.59. The molecular weight excluding hydrogens is 417 g/mol. The Balaban J connectivity index is 1.35. The molecule has 0 saturated heterocycles. The molecule has 3 aromatic carbocycles. The minimum absolute atomic E-state index is 0.364. The lowest BCUT2D eigenvalue weighted by Gasteiger charge is -2.10. The molecular formula is C26H18FN5O. The van der Waals surface area contributed by atoms with Gasteiger partial charge >= 0.3 is 0 Å². The van der Waals surface area contributed by atoms with Gasteiger partial charge in [-0.25, -0.2) is 14.4 Å². The van der Waals surface area contributed by atoms with Crippen LogP contribution < -0.4 is 5.32 Å². The summed E-state index contributed by atoms with van der Waals surface area (Å²) in [6.07, 6.45) is 4.80. The summed E-state index contributed by atoms with van der Waals surface area (Å²) in [7, 11) is 0. The van der Waals surface area contributed by atoms with Gasteiger partial charge in [0.15, 0.2) is 0 Å². The molecule has 6 aromatic rings. The van der Waals surface area contributed by atoms with Crippen LogP contribution >= 0.6 is 0 Å². The number of nitrogens with one attached hydrogen (secondary N) is 1. The van der Waals surface area contributed by atoms with Crippen LogP contribution in [0, 0.1) is 5.82 Å². The highest BCUT2D eigenvalue weighted by Crippen LogP contribution is 2.31. The Morgan fingerprint density at radius 2 is 1.85 bits per heavy atom. The van der Waals surface area contributed by atoms with Gasteiger partial charge in [-0.3, -0.25) is 4.68 Å². The third kappa shape index (κ3) is 3.59. The SMILES string of the molecule is Fc1cc2ncnc(Nc3ccc4c(cnn4Cc4ccccc4)c3)c2cc1-c1ccco1. The molecule has 0 saturated carbocycles. The van der Waals surface area contributed by atoms with Gasteiger partial charge in [0, 0.05) is 22.5 Å². The van der Waals surface area contributed by atoms with Gasteiger partial charge in [-0.05, 0) is 42.0 Å². The van der Waals surface area contributed by atoms with Crippen molar-refractivity contribution in [3.8, 4) is 11.3 Å². The molecule has 7 heteroatoms. The molecule has 0 atom stereocenters. The van der Waals surface area contributed by atoms with Crippen molar-refractivity contribution in [3.05, 3.63) is 103 Å². The van der Waals surface area contributed by atoms with Crippen LogP contribution in [-0.4, -0.2) is 19.7 Å². The predicted octanol–water partition coefficient (Wildman–Crippen LogP) is 6.17. The van der Waals surface area contributed by atoms with E-state index in [-0.39, 0.29) is 0 Å². The highest BCUT2D eigenvalue weighted by molar-refractivity contribution is 5.94. The maximum absolute atomic E-state index is 14.6. The van der Waals surface area contributed by atoms with E-state index < -0.39 is 5.82 Å². The molecule has 3 heterocycles. The lowest BCUT2D eigenvalue weighted by atomic mass is 10.1. The lowest BCUT2D eigenvalue weighted by molar-refractivity contribution is 0.570. The molecule has 0 unspecified atom stereocenters. The molecule has 33 heavy (non-hydrogen) atoms. The molecule has 0 fully saturated rings. The summed E-state index contributed by atoms with van der Waals surface area (Å²) < 4.78 is 22.0. The van der Waals surface area contributed by atoms with Crippen molar-refractivity contribution in [3.63, 3.8) is 0 Å². The van der Waals surface area contributed by atoms with Crippen molar-refractivity contribution in [1.82, 2.24) is 19.7 Å². The molecule has 3 aromatic heterocycles. The molecule has 0 aliphatic heterocycles. The summed E-state index contributed by atoms with van der Waals surface area (Å²) in [5, 5.41) is 9.61. The summed E-state index contributed by atoms with van der Waals surface area (Å²) in [5.41, 5.74) is 3.96. The topological polar surface area (TPSA) is 68.8 Å². The first-order valence-corrected chi connectivity index (χ1v) is 10.5. The van der Waals surface area contributed by atoms with Crippen LogP contribution in [0.15, 0.2) is 96.0 Å². The van der Waals surface area contributed by atoms with Crippen LogP contribution in [0.25, 0.3) is 33.1 Å². The Bertz CT molecular complexity index is 1580. The molecule has 1 N–H and O–H groups in total. The summed E-state index contributed by atoms with van der Waals surface area (Å²) in [5.74, 6) is 0.648. The zero-order valence-electron chi connectivity index (χ0n) is 17.4. The largest absolute Gasteiger partial charge is 0.464 e. The van der Waals surface area contributed by atoms with Gasteiger partial charge in [0.25, 0.3) is 0 Å². The number of furan rings is 1. The van der Waals surface area contributed by atoms with Crippen molar-refractivity contribution >= 4 is 33.3 Å². The first-order valence-electron chi connectivity index (χ1n) is 10.5. The second-order valence-corrected chi connectivity index (χ2v) is 7.74. The molecule has 0 amide bonds. The Kier molecular flexibility index (Phi) is 4.58. The normalized spacial score (nSPS) is 11.3. The van der Waals surface area contributed by atoms with Crippen LogP contribution in [0.2, 0.25) is 0 Å². The second kappa shape index (κ2) is 7.87. The van der Waals surface area contributed by atoms with Gasteiger partial charge in [-0.1, -0.05) is 30.3 Å². The molecule has 0 aliphatic carbocycles. The van der Waals surface area contributed by atoms with Gasteiger partial charge in [0.05, 0.1) is 35.6 Å². The number of hydrogen-bond donors (Lipinski definition) is 1. The first kappa shape index (κ1) is 19.2. The summed E-state index contributed by atoms with van der Waals surface area (Å²) in [6, 6.07) is 22.8. The quantitative estimate of drug-likeness (QED) is 0.351. The minimum atomic E-state index is -0.394. The Hall–Kier alpha value is -4.52. The Morgan fingerprint density at radius 3 is 2.70 bits per heavy atom. The fourth-order valence-electron chi connectivity index (χ4n) is 3.98. The van der Waals surface area contributed by atoms with Crippen LogP contribution in [0.3, 0.4) is 0 Å². The van der Waals surface area contributed by atoms with E-state index in [9.17, 15) is 4.39 Å². The van der Waals surface area contributed by atoms with E-state index in [2.05, 4.69) is 32.5 Å². The van der Waals surface area contributed by atoms with Crippen molar-refractivity contribution in [2.75, 3.05) is 5.32 Å². The predicted molar refractivity (Wildman–Crippen MR) is 126 cm³/mol. The summed E-state index contributed by atoms with van der Waals surface area (Å²) in [4.78, 5) is 8.62. The van der Waals surface area contributed by atoms with Crippen LogP contribution in [0.4, 0.5) is 15.9 Å². The number of benzene rings is 3. The van der Waals surface area contributed by atoms with Crippen LogP contribution in [0.5, 0.6) is 0 Å². The number of nitrogens with zero attached hydrogens (tertiary/aromatic N) is 4. The number of hydrogen-bond acceptors (Lipinski definition) is 5. The lowest BCUT2D eigenvalue weighted by Crippen LogP contribution is -2.01. The molecule has 6 nitrogen and oxygen atoms in total. The molecule has 6 rings (SSSR count). The standard InChI is InChI=1S/C26H18FN5O/c27-22-13-23-21(12-20(22)25-7-4-10-33-25)26(29-16-28-23)31-19-8-9-24-18(11-19)14-30-32(24)15-17-5-2-1-3-6-17/h1-14,16H,15H2,(H,28,29,31). The number of anilines is 2. The average Bonchev–Trinajstić information content (AvgIpc) is 3.50. The summed E-state index contributed by atoms with van der Waals surface area (Å²) >= 11 is 0.